The van der Waals surface area contributed by atoms with Crippen molar-refractivity contribution in [3.05, 3.63) is 65.7 Å². The molecule has 3 aromatic heterocycles. The molecule has 0 saturated carbocycles. The van der Waals surface area contributed by atoms with E-state index in [0.717, 1.165) is 11.6 Å². The van der Waals surface area contributed by atoms with Crippen LogP contribution in [-0.4, -0.2) is 37.7 Å². The Kier molecular flexibility index (Phi) is 4.92. The summed E-state index contributed by atoms with van der Waals surface area (Å²) in [5.74, 6) is 0.147. The molecule has 0 aliphatic carbocycles. The Morgan fingerprint density at radius 2 is 1.84 bits per heavy atom. The van der Waals surface area contributed by atoms with Gasteiger partial charge in [-0.25, -0.2) is 15.0 Å². The quantitative estimate of drug-likeness (QED) is 0.494. The monoisotopic (exact) mass is 426 g/mol. The number of hydrogen-bond donors (Lipinski definition) is 0. The van der Waals surface area contributed by atoms with E-state index in [9.17, 15) is 18.0 Å². The standard InChI is InChI=1S/C21H17F3N6O/c1-12-10-13(4-6-16(12)29(2)20(31)17-8-9-26-30(17)3)19-25-11-15-14(28-19)5-7-18(27-15)21(22,23)24/h4-11H,1-3H3. The molecule has 0 aliphatic heterocycles. The number of anilines is 1. The highest BCUT2D eigenvalue weighted by molar-refractivity contribution is 6.05. The summed E-state index contributed by atoms with van der Waals surface area (Å²) in [5, 5.41) is 4.02. The highest BCUT2D eigenvalue weighted by Crippen LogP contribution is 2.30. The second-order valence-electron chi connectivity index (χ2n) is 7.00. The smallest absolute Gasteiger partial charge is 0.310 e. The first-order valence-corrected chi connectivity index (χ1v) is 9.23. The number of amides is 1. The van der Waals surface area contributed by atoms with E-state index in [1.54, 1.807) is 38.5 Å². The zero-order chi connectivity index (χ0) is 22.3. The van der Waals surface area contributed by atoms with E-state index in [0.29, 0.717) is 28.3 Å². The summed E-state index contributed by atoms with van der Waals surface area (Å²) in [6.45, 7) is 1.85. The van der Waals surface area contributed by atoms with Crippen molar-refractivity contribution in [3.8, 4) is 11.4 Å². The number of alkyl halides is 3. The van der Waals surface area contributed by atoms with Crippen LogP contribution < -0.4 is 4.90 Å². The lowest BCUT2D eigenvalue weighted by Gasteiger charge is -2.20. The predicted molar refractivity (Wildman–Crippen MR) is 108 cm³/mol. The topological polar surface area (TPSA) is 76.8 Å². The number of benzene rings is 1. The Labute approximate surface area is 175 Å². The van der Waals surface area contributed by atoms with Gasteiger partial charge in [0.05, 0.1) is 11.7 Å². The van der Waals surface area contributed by atoms with Gasteiger partial charge in [-0.15, -0.1) is 0 Å². The largest absolute Gasteiger partial charge is 0.433 e. The second kappa shape index (κ2) is 7.46. The van der Waals surface area contributed by atoms with E-state index < -0.39 is 11.9 Å². The Balaban J connectivity index is 1.65. The van der Waals surface area contributed by atoms with Crippen molar-refractivity contribution in [2.45, 2.75) is 13.1 Å². The molecule has 0 saturated heterocycles. The van der Waals surface area contributed by atoms with Crippen molar-refractivity contribution in [1.82, 2.24) is 24.7 Å². The maximum Gasteiger partial charge on any atom is 0.433 e. The third-order valence-corrected chi connectivity index (χ3v) is 4.89. The van der Waals surface area contributed by atoms with E-state index in [-0.39, 0.29) is 11.4 Å². The molecule has 4 rings (SSSR count). The zero-order valence-corrected chi connectivity index (χ0v) is 16.8. The van der Waals surface area contributed by atoms with Gasteiger partial charge in [0.15, 0.2) is 5.82 Å². The number of pyridine rings is 1. The van der Waals surface area contributed by atoms with Gasteiger partial charge in [-0.3, -0.25) is 9.48 Å². The summed E-state index contributed by atoms with van der Waals surface area (Å²) >= 11 is 0. The maximum atomic E-state index is 12.8. The number of carbonyl (C=O) groups excluding carboxylic acids is 1. The van der Waals surface area contributed by atoms with Crippen LogP contribution in [0.5, 0.6) is 0 Å². The number of carbonyl (C=O) groups is 1. The first-order chi connectivity index (χ1) is 14.6. The van der Waals surface area contributed by atoms with Crippen molar-refractivity contribution in [3.63, 3.8) is 0 Å². The van der Waals surface area contributed by atoms with Crippen LogP contribution in [0.4, 0.5) is 18.9 Å². The molecule has 3 heterocycles. The van der Waals surface area contributed by atoms with Crippen LogP contribution in [0.1, 0.15) is 21.7 Å². The first-order valence-electron chi connectivity index (χ1n) is 9.23. The molecule has 10 heteroatoms. The fourth-order valence-corrected chi connectivity index (χ4v) is 3.26. The fraction of sp³-hybridized carbons (Fsp3) is 0.190. The van der Waals surface area contributed by atoms with Gasteiger partial charge in [0, 0.05) is 31.5 Å². The number of rotatable bonds is 3. The number of aryl methyl sites for hydroxylation is 2. The van der Waals surface area contributed by atoms with Crippen LogP contribution in [-0.2, 0) is 13.2 Å². The van der Waals surface area contributed by atoms with Crippen LogP contribution in [0.2, 0.25) is 0 Å². The molecule has 4 aromatic rings. The molecule has 0 fully saturated rings. The second-order valence-corrected chi connectivity index (χ2v) is 7.00. The number of fused-ring (bicyclic) bond motifs is 1. The lowest BCUT2D eigenvalue weighted by molar-refractivity contribution is -0.140. The lowest BCUT2D eigenvalue weighted by Crippen LogP contribution is -2.28. The Bertz CT molecular complexity index is 1300. The molecular weight excluding hydrogens is 409 g/mol. The van der Waals surface area contributed by atoms with Crippen molar-refractivity contribution in [2.75, 3.05) is 11.9 Å². The molecular formula is C21H17F3N6O. The highest BCUT2D eigenvalue weighted by Gasteiger charge is 2.32. The minimum absolute atomic E-state index is 0.0634. The Hall–Kier alpha value is -3.82. The third-order valence-electron chi connectivity index (χ3n) is 4.89. The summed E-state index contributed by atoms with van der Waals surface area (Å²) < 4.78 is 40.0. The van der Waals surface area contributed by atoms with Crippen molar-refractivity contribution < 1.29 is 18.0 Å². The fourth-order valence-electron chi connectivity index (χ4n) is 3.26. The lowest BCUT2D eigenvalue weighted by atomic mass is 10.1. The first kappa shape index (κ1) is 20.5. The summed E-state index contributed by atoms with van der Waals surface area (Å²) in [6, 6.07) is 9.17. The zero-order valence-electron chi connectivity index (χ0n) is 16.8. The van der Waals surface area contributed by atoms with Crippen LogP contribution in [0.3, 0.4) is 0 Å². The number of halogens is 3. The van der Waals surface area contributed by atoms with Gasteiger partial charge in [0.2, 0.25) is 0 Å². The molecule has 158 valence electrons. The van der Waals surface area contributed by atoms with Gasteiger partial charge in [0.1, 0.15) is 16.9 Å². The van der Waals surface area contributed by atoms with E-state index in [2.05, 4.69) is 20.1 Å². The molecule has 0 unspecified atom stereocenters. The normalized spacial score (nSPS) is 11.7. The summed E-state index contributed by atoms with van der Waals surface area (Å²) in [7, 11) is 3.37. The summed E-state index contributed by atoms with van der Waals surface area (Å²) in [5.41, 5.74) is 2.02. The Morgan fingerprint density at radius 1 is 1.06 bits per heavy atom. The molecule has 1 amide bonds. The summed E-state index contributed by atoms with van der Waals surface area (Å²) in [6.07, 6.45) is -1.70. The molecule has 7 nitrogen and oxygen atoms in total. The van der Waals surface area contributed by atoms with E-state index in [4.69, 9.17) is 0 Å². The minimum Gasteiger partial charge on any atom is -0.310 e. The Morgan fingerprint density at radius 3 is 2.48 bits per heavy atom. The molecule has 1 aromatic carbocycles. The van der Waals surface area contributed by atoms with Gasteiger partial charge in [0.25, 0.3) is 5.91 Å². The van der Waals surface area contributed by atoms with Crippen LogP contribution in [0, 0.1) is 6.92 Å². The van der Waals surface area contributed by atoms with Crippen LogP contribution >= 0.6 is 0 Å². The SMILES string of the molecule is Cc1cc(-c2ncc3nc(C(F)(F)F)ccc3n2)ccc1N(C)C(=O)c1ccnn1C. The molecule has 0 aliphatic rings. The molecule has 0 atom stereocenters. The van der Waals surface area contributed by atoms with E-state index in [1.807, 2.05) is 13.0 Å². The van der Waals surface area contributed by atoms with Crippen molar-refractivity contribution in [1.29, 1.82) is 0 Å². The minimum atomic E-state index is -4.53. The number of hydrogen-bond acceptors (Lipinski definition) is 5. The van der Waals surface area contributed by atoms with E-state index in [1.165, 1.54) is 21.8 Å². The number of aromatic nitrogens is 5. The maximum absolute atomic E-state index is 12.8. The van der Waals surface area contributed by atoms with Crippen molar-refractivity contribution in [2.24, 2.45) is 7.05 Å². The molecule has 0 N–H and O–H groups in total. The average Bonchev–Trinajstić information content (AvgIpc) is 3.17. The molecule has 0 radical (unpaired) electrons. The van der Waals surface area contributed by atoms with Crippen molar-refractivity contribution >= 4 is 22.6 Å². The number of nitrogens with zero attached hydrogens (tertiary/aromatic N) is 6. The average molecular weight is 426 g/mol. The third kappa shape index (κ3) is 3.83. The molecule has 0 spiro atoms. The van der Waals surface area contributed by atoms with Gasteiger partial charge in [-0.2, -0.15) is 18.3 Å². The van der Waals surface area contributed by atoms with E-state index >= 15 is 0 Å². The molecule has 31 heavy (non-hydrogen) atoms. The van der Waals surface area contributed by atoms with Gasteiger partial charge in [-0.1, -0.05) is 0 Å². The van der Waals surface area contributed by atoms with Crippen LogP contribution in [0.15, 0.2) is 48.8 Å². The van der Waals surface area contributed by atoms with Crippen LogP contribution in [0.25, 0.3) is 22.4 Å². The van der Waals surface area contributed by atoms with Gasteiger partial charge < -0.3 is 4.90 Å². The summed E-state index contributed by atoms with van der Waals surface area (Å²) in [4.78, 5) is 26.4. The predicted octanol–water partition coefficient (Wildman–Crippen LogP) is 4.03. The highest BCUT2D eigenvalue weighted by atomic mass is 19.4. The van der Waals surface area contributed by atoms with Gasteiger partial charge in [-0.05, 0) is 48.9 Å². The molecule has 0 bridgehead atoms. The van der Waals surface area contributed by atoms with Gasteiger partial charge >= 0.3 is 6.18 Å².